The van der Waals surface area contributed by atoms with Gasteiger partial charge in [-0.2, -0.15) is 13.2 Å². The lowest BCUT2D eigenvalue weighted by Crippen LogP contribution is -2.37. The van der Waals surface area contributed by atoms with E-state index in [4.69, 9.17) is 0 Å². The van der Waals surface area contributed by atoms with E-state index in [9.17, 15) is 22.8 Å². The van der Waals surface area contributed by atoms with Crippen LogP contribution in [0.15, 0.2) is 60.9 Å². The highest BCUT2D eigenvalue weighted by Gasteiger charge is 2.34. The number of hydrogen-bond donors (Lipinski definition) is 1. The quantitative estimate of drug-likeness (QED) is 0.391. The van der Waals surface area contributed by atoms with Gasteiger partial charge in [0, 0.05) is 31.0 Å². The molecule has 3 aromatic rings. The second kappa shape index (κ2) is 11.0. The average Bonchev–Trinajstić information content (AvgIpc) is 3.47. The van der Waals surface area contributed by atoms with Gasteiger partial charge in [-0.15, -0.1) is 5.10 Å². The van der Waals surface area contributed by atoms with E-state index >= 15 is 0 Å². The molecule has 2 aromatic carbocycles. The minimum atomic E-state index is -4.40. The van der Waals surface area contributed by atoms with E-state index in [1.165, 1.54) is 10.7 Å². The second-order valence-corrected chi connectivity index (χ2v) is 9.08. The van der Waals surface area contributed by atoms with Gasteiger partial charge < -0.3 is 15.0 Å². The van der Waals surface area contributed by atoms with E-state index in [1.807, 2.05) is 12.1 Å². The number of nitrogens with one attached hydrogen (secondary N) is 1. The lowest BCUT2D eigenvalue weighted by molar-refractivity contribution is -0.137. The molecule has 1 atom stereocenters. The standard InChI is InChI=1S/C27H28F3N5O2/c1-18(31-2)9-12-23(17-36)35-16-25-20(6-4-8-24(25)26(35)37)10-11-22-15-34(33-32-22)14-19-5-3-7-21(13-19)27(28,29)30/h3-8,13,15,17,23,31H,1,9-12,14,16H2,2H3. The molecule has 0 radical (unpaired) electrons. The Morgan fingerprint density at radius 3 is 2.73 bits per heavy atom. The number of fused-ring (bicyclic) bond motifs is 1. The Morgan fingerprint density at radius 2 is 2.00 bits per heavy atom. The van der Waals surface area contributed by atoms with Gasteiger partial charge in [-0.05, 0) is 60.6 Å². The van der Waals surface area contributed by atoms with Crippen LogP contribution in [-0.4, -0.2) is 45.2 Å². The first-order valence-electron chi connectivity index (χ1n) is 12.0. The summed E-state index contributed by atoms with van der Waals surface area (Å²) in [6.45, 7) is 4.42. The van der Waals surface area contributed by atoms with Crippen LogP contribution in [0, 0.1) is 0 Å². The van der Waals surface area contributed by atoms with E-state index in [2.05, 4.69) is 22.2 Å². The predicted octanol–water partition coefficient (Wildman–Crippen LogP) is 4.17. The van der Waals surface area contributed by atoms with Crippen LogP contribution in [0.2, 0.25) is 0 Å². The minimum absolute atomic E-state index is 0.156. The van der Waals surface area contributed by atoms with Gasteiger partial charge in [-0.1, -0.05) is 36.1 Å². The molecule has 0 saturated heterocycles. The molecule has 1 aliphatic rings. The van der Waals surface area contributed by atoms with Crippen molar-refractivity contribution in [2.75, 3.05) is 7.05 Å². The van der Waals surface area contributed by atoms with Gasteiger partial charge in [-0.3, -0.25) is 4.79 Å². The zero-order valence-corrected chi connectivity index (χ0v) is 20.5. The number of hydrogen-bond acceptors (Lipinski definition) is 5. The molecule has 194 valence electrons. The van der Waals surface area contributed by atoms with Crippen molar-refractivity contribution in [3.05, 3.63) is 94.4 Å². The second-order valence-electron chi connectivity index (χ2n) is 9.08. The number of carbonyl (C=O) groups is 2. The molecule has 7 nitrogen and oxygen atoms in total. The predicted molar refractivity (Wildman–Crippen MR) is 132 cm³/mol. The molecule has 1 aliphatic heterocycles. The average molecular weight is 512 g/mol. The number of alkyl halides is 3. The Kier molecular flexibility index (Phi) is 7.75. The van der Waals surface area contributed by atoms with Crippen LogP contribution < -0.4 is 5.32 Å². The van der Waals surface area contributed by atoms with Crippen molar-refractivity contribution in [1.82, 2.24) is 25.2 Å². The molecule has 1 aromatic heterocycles. The zero-order valence-electron chi connectivity index (χ0n) is 20.5. The van der Waals surface area contributed by atoms with Crippen molar-refractivity contribution in [3.63, 3.8) is 0 Å². The number of allylic oxidation sites excluding steroid dienone is 1. The summed E-state index contributed by atoms with van der Waals surface area (Å²) in [5.74, 6) is -0.156. The van der Waals surface area contributed by atoms with Gasteiger partial charge in [-0.25, -0.2) is 4.68 Å². The molecule has 10 heteroatoms. The van der Waals surface area contributed by atoms with Crippen LogP contribution in [-0.2, 0) is 36.9 Å². The van der Waals surface area contributed by atoms with Gasteiger partial charge >= 0.3 is 6.18 Å². The number of amides is 1. The number of benzene rings is 2. The third kappa shape index (κ3) is 6.07. The Labute approximate surface area is 213 Å². The number of aldehydes is 1. The first-order valence-corrected chi connectivity index (χ1v) is 12.0. The molecule has 2 heterocycles. The Bertz CT molecular complexity index is 1300. The summed E-state index contributed by atoms with van der Waals surface area (Å²) in [7, 11) is 1.77. The lowest BCUT2D eigenvalue weighted by atomic mass is 9.99. The third-order valence-corrected chi connectivity index (χ3v) is 6.58. The molecule has 0 aliphatic carbocycles. The van der Waals surface area contributed by atoms with Crippen LogP contribution in [0.1, 0.15) is 51.1 Å². The smallest absolute Gasteiger partial charge is 0.392 e. The molecular weight excluding hydrogens is 483 g/mol. The van der Waals surface area contributed by atoms with Crippen LogP contribution in [0.5, 0.6) is 0 Å². The van der Waals surface area contributed by atoms with Crippen LogP contribution in [0.25, 0.3) is 0 Å². The summed E-state index contributed by atoms with van der Waals surface area (Å²) in [6.07, 6.45) is 0.369. The monoisotopic (exact) mass is 511 g/mol. The summed E-state index contributed by atoms with van der Waals surface area (Å²) >= 11 is 0. The summed E-state index contributed by atoms with van der Waals surface area (Å²) < 4.78 is 40.5. The molecule has 4 rings (SSSR count). The van der Waals surface area contributed by atoms with Crippen molar-refractivity contribution < 1.29 is 22.8 Å². The largest absolute Gasteiger partial charge is 0.416 e. The summed E-state index contributed by atoms with van der Waals surface area (Å²) in [5, 5.41) is 11.2. The van der Waals surface area contributed by atoms with E-state index < -0.39 is 17.8 Å². The molecule has 0 spiro atoms. The molecule has 1 unspecified atom stereocenters. The van der Waals surface area contributed by atoms with Gasteiger partial charge in [0.25, 0.3) is 5.91 Å². The number of aromatic nitrogens is 3. The van der Waals surface area contributed by atoms with Crippen molar-refractivity contribution in [2.45, 2.75) is 51.0 Å². The number of rotatable bonds is 11. The number of carbonyl (C=O) groups excluding carboxylic acids is 2. The van der Waals surface area contributed by atoms with Gasteiger partial charge in [0.05, 0.1) is 23.8 Å². The molecule has 0 bridgehead atoms. The van der Waals surface area contributed by atoms with Gasteiger partial charge in [0.2, 0.25) is 0 Å². The summed E-state index contributed by atoms with van der Waals surface area (Å²) in [4.78, 5) is 26.4. The van der Waals surface area contributed by atoms with E-state index in [0.29, 0.717) is 49.0 Å². The minimum Gasteiger partial charge on any atom is -0.392 e. The zero-order chi connectivity index (χ0) is 26.6. The first-order chi connectivity index (χ1) is 17.7. The highest BCUT2D eigenvalue weighted by atomic mass is 19.4. The van der Waals surface area contributed by atoms with E-state index in [1.54, 1.807) is 30.3 Å². The fraction of sp³-hybridized carbons (Fsp3) is 0.333. The maximum absolute atomic E-state index is 13.0. The first kappa shape index (κ1) is 26.1. The fourth-order valence-electron chi connectivity index (χ4n) is 4.49. The molecule has 1 amide bonds. The fourth-order valence-corrected chi connectivity index (χ4v) is 4.49. The summed E-state index contributed by atoms with van der Waals surface area (Å²) in [5.41, 5.74) is 3.78. The van der Waals surface area contributed by atoms with Crippen LogP contribution in [0.3, 0.4) is 0 Å². The number of nitrogens with zero attached hydrogens (tertiary/aromatic N) is 4. The Balaban J connectivity index is 1.41. The van der Waals surface area contributed by atoms with Crippen molar-refractivity contribution >= 4 is 12.2 Å². The maximum Gasteiger partial charge on any atom is 0.416 e. The van der Waals surface area contributed by atoms with Crippen LogP contribution >= 0.6 is 0 Å². The van der Waals surface area contributed by atoms with E-state index in [-0.39, 0.29) is 12.5 Å². The molecule has 0 saturated carbocycles. The molecular formula is C27H28F3N5O2. The van der Waals surface area contributed by atoms with Crippen molar-refractivity contribution in [2.24, 2.45) is 0 Å². The topological polar surface area (TPSA) is 80.1 Å². The van der Waals surface area contributed by atoms with Crippen molar-refractivity contribution in [3.8, 4) is 0 Å². The third-order valence-electron chi connectivity index (χ3n) is 6.58. The molecule has 1 N–H and O–H groups in total. The maximum atomic E-state index is 13.0. The lowest BCUT2D eigenvalue weighted by Gasteiger charge is -2.23. The SMILES string of the molecule is C=C(CCC(C=O)N1Cc2c(CCc3cn(Cc4cccc(C(F)(F)F)c4)nn3)cccc2C1=O)NC. The molecule has 37 heavy (non-hydrogen) atoms. The Morgan fingerprint density at radius 1 is 1.22 bits per heavy atom. The van der Waals surface area contributed by atoms with Crippen LogP contribution in [0.4, 0.5) is 13.2 Å². The van der Waals surface area contributed by atoms with Gasteiger partial charge in [0.1, 0.15) is 6.29 Å². The summed E-state index contributed by atoms with van der Waals surface area (Å²) in [6, 6.07) is 10.2. The number of aryl methyl sites for hydroxylation is 2. The highest BCUT2D eigenvalue weighted by Crippen LogP contribution is 2.30. The highest BCUT2D eigenvalue weighted by molar-refractivity contribution is 6.00. The van der Waals surface area contributed by atoms with Gasteiger partial charge in [0.15, 0.2) is 0 Å². The number of halogens is 3. The van der Waals surface area contributed by atoms with E-state index in [0.717, 1.165) is 35.2 Å². The normalized spacial score (nSPS) is 13.9. The Hall–Kier alpha value is -3.95. The molecule has 0 fully saturated rings. The van der Waals surface area contributed by atoms with Crippen molar-refractivity contribution in [1.29, 1.82) is 0 Å².